The van der Waals surface area contributed by atoms with E-state index in [2.05, 4.69) is 9.97 Å². The Hall–Kier alpha value is -1.71. The molecule has 0 bridgehead atoms. The van der Waals surface area contributed by atoms with E-state index in [0.29, 0.717) is 5.69 Å². The fourth-order valence-corrected chi connectivity index (χ4v) is 0.861. The van der Waals surface area contributed by atoms with E-state index in [9.17, 15) is 9.90 Å². The smallest absolute Gasteiger partial charge is 0.156 e. The van der Waals surface area contributed by atoms with E-state index in [-0.39, 0.29) is 11.5 Å². The van der Waals surface area contributed by atoms with Gasteiger partial charge in [0.1, 0.15) is 17.8 Å². The number of aryl methyl sites for hydroxylation is 1. The van der Waals surface area contributed by atoms with Crippen LogP contribution >= 0.6 is 0 Å². The Bertz CT molecular complexity index is 358. The van der Waals surface area contributed by atoms with Crippen molar-refractivity contribution in [3.8, 4) is 0 Å². The summed E-state index contributed by atoms with van der Waals surface area (Å²) in [7, 11) is 0. The fourth-order valence-electron chi connectivity index (χ4n) is 0.861. The van der Waals surface area contributed by atoms with Crippen LogP contribution in [0.3, 0.4) is 0 Å². The Morgan fingerprint density at radius 2 is 2.23 bits per heavy atom. The van der Waals surface area contributed by atoms with Crippen molar-refractivity contribution in [1.82, 2.24) is 9.97 Å². The van der Waals surface area contributed by atoms with Crippen LogP contribution in [0.15, 0.2) is 18.5 Å². The number of aliphatic hydroxyl groups excluding tert-OH is 1. The summed E-state index contributed by atoms with van der Waals surface area (Å²) in [5.41, 5.74) is 1.11. The first-order valence-electron chi connectivity index (χ1n) is 3.80. The molecule has 0 spiro atoms. The number of nitrogens with zero attached hydrogens (tertiary/aromatic N) is 2. The third-order valence-electron chi connectivity index (χ3n) is 1.41. The number of rotatable bonds is 2. The molecule has 0 saturated heterocycles. The molecule has 0 atom stereocenters. The van der Waals surface area contributed by atoms with E-state index in [1.807, 2.05) is 0 Å². The normalized spacial score (nSPS) is 11.4. The van der Waals surface area contributed by atoms with Gasteiger partial charge in [-0.3, -0.25) is 4.79 Å². The minimum absolute atomic E-state index is 0.127. The summed E-state index contributed by atoms with van der Waals surface area (Å²) in [4.78, 5) is 18.3. The second-order valence-electron chi connectivity index (χ2n) is 2.68. The van der Waals surface area contributed by atoms with E-state index in [1.165, 1.54) is 13.3 Å². The Morgan fingerprint density at radius 3 is 2.77 bits per heavy atom. The molecule has 1 rings (SSSR count). The Morgan fingerprint density at radius 1 is 1.54 bits per heavy atom. The molecule has 4 heteroatoms. The van der Waals surface area contributed by atoms with Crippen LogP contribution in [0, 0.1) is 6.92 Å². The summed E-state index contributed by atoms with van der Waals surface area (Å²) >= 11 is 0. The molecule has 0 unspecified atom stereocenters. The molecule has 0 saturated carbocycles. The molecular weight excluding hydrogens is 168 g/mol. The van der Waals surface area contributed by atoms with Crippen molar-refractivity contribution < 1.29 is 9.90 Å². The number of hydrogen-bond acceptors (Lipinski definition) is 4. The van der Waals surface area contributed by atoms with Crippen LogP contribution in [-0.4, -0.2) is 20.9 Å². The standard InChI is InChI=1S/C9H10N2O2/c1-6-3-8(11-5-10-6)9(13)4-7(2)12/h3-5,13H,1-2H3. The van der Waals surface area contributed by atoms with Crippen molar-refractivity contribution in [2.75, 3.05) is 0 Å². The first-order chi connectivity index (χ1) is 6.09. The quantitative estimate of drug-likeness (QED) is 0.547. The van der Waals surface area contributed by atoms with Crippen molar-refractivity contribution in [2.45, 2.75) is 13.8 Å². The molecule has 0 fully saturated rings. The zero-order valence-electron chi connectivity index (χ0n) is 7.48. The predicted octanol–water partition coefficient (Wildman–Crippen LogP) is 1.27. The SMILES string of the molecule is CC(=O)C=C(O)c1cc(C)ncn1. The van der Waals surface area contributed by atoms with Gasteiger partial charge in [-0.1, -0.05) is 0 Å². The number of ketones is 1. The van der Waals surface area contributed by atoms with Gasteiger partial charge in [-0.2, -0.15) is 0 Å². The highest BCUT2D eigenvalue weighted by Crippen LogP contribution is 2.07. The maximum absolute atomic E-state index is 10.6. The van der Waals surface area contributed by atoms with E-state index >= 15 is 0 Å². The molecule has 0 aliphatic rings. The zero-order valence-corrected chi connectivity index (χ0v) is 7.48. The maximum atomic E-state index is 10.6. The Labute approximate surface area is 76.0 Å². The molecule has 1 N–H and O–H groups in total. The van der Waals surface area contributed by atoms with Crippen LogP contribution in [0.25, 0.3) is 5.76 Å². The lowest BCUT2D eigenvalue weighted by Crippen LogP contribution is -1.94. The summed E-state index contributed by atoms with van der Waals surface area (Å²) in [5, 5.41) is 9.37. The molecule has 1 heterocycles. The second-order valence-corrected chi connectivity index (χ2v) is 2.68. The zero-order chi connectivity index (χ0) is 9.84. The molecule has 68 valence electrons. The van der Waals surface area contributed by atoms with Gasteiger partial charge in [-0.15, -0.1) is 0 Å². The van der Waals surface area contributed by atoms with Gasteiger partial charge in [0.2, 0.25) is 0 Å². The van der Waals surface area contributed by atoms with Crippen molar-refractivity contribution >= 4 is 11.5 Å². The number of aromatic nitrogens is 2. The molecule has 4 nitrogen and oxygen atoms in total. The lowest BCUT2D eigenvalue weighted by atomic mass is 10.2. The molecule has 0 amide bonds. The topological polar surface area (TPSA) is 63.1 Å². The van der Waals surface area contributed by atoms with Gasteiger partial charge in [0.15, 0.2) is 5.78 Å². The molecule has 0 aromatic carbocycles. The Kier molecular flexibility index (Phi) is 2.74. The second kappa shape index (κ2) is 3.80. The average Bonchev–Trinajstić information content (AvgIpc) is 2.03. The third kappa shape index (κ3) is 2.66. The van der Waals surface area contributed by atoms with Crippen molar-refractivity contribution in [3.05, 3.63) is 29.9 Å². The summed E-state index contributed by atoms with van der Waals surface area (Å²) in [6.45, 7) is 3.15. The number of aliphatic hydroxyl groups is 1. The van der Waals surface area contributed by atoms with E-state index < -0.39 is 0 Å². The highest BCUT2D eigenvalue weighted by atomic mass is 16.3. The fraction of sp³-hybridized carbons (Fsp3) is 0.222. The van der Waals surface area contributed by atoms with Gasteiger partial charge < -0.3 is 5.11 Å². The van der Waals surface area contributed by atoms with E-state index in [0.717, 1.165) is 11.8 Å². The van der Waals surface area contributed by atoms with Gasteiger partial charge in [-0.25, -0.2) is 9.97 Å². The van der Waals surface area contributed by atoms with Gasteiger partial charge in [0.05, 0.1) is 0 Å². The van der Waals surface area contributed by atoms with Gasteiger partial charge in [-0.05, 0) is 19.9 Å². The van der Waals surface area contributed by atoms with E-state index in [4.69, 9.17) is 0 Å². The van der Waals surface area contributed by atoms with Crippen LogP contribution in [0.2, 0.25) is 0 Å². The summed E-state index contributed by atoms with van der Waals surface area (Å²) in [6, 6.07) is 1.61. The number of carbonyl (C=O) groups is 1. The van der Waals surface area contributed by atoms with Crippen LogP contribution in [0.1, 0.15) is 18.3 Å². The molecule has 1 aromatic heterocycles. The van der Waals surface area contributed by atoms with Crippen molar-refractivity contribution in [2.24, 2.45) is 0 Å². The largest absolute Gasteiger partial charge is 0.506 e. The molecule has 0 aliphatic carbocycles. The third-order valence-corrected chi connectivity index (χ3v) is 1.41. The molecule has 0 radical (unpaired) electrons. The summed E-state index contributed by atoms with van der Waals surface area (Å²) in [5.74, 6) is -0.341. The van der Waals surface area contributed by atoms with Crippen LogP contribution < -0.4 is 0 Å². The Balaban J connectivity index is 3.02. The van der Waals surface area contributed by atoms with Gasteiger partial charge in [0, 0.05) is 11.8 Å². The monoisotopic (exact) mass is 178 g/mol. The van der Waals surface area contributed by atoms with E-state index in [1.54, 1.807) is 13.0 Å². The number of carbonyl (C=O) groups excluding carboxylic acids is 1. The first kappa shape index (κ1) is 9.38. The van der Waals surface area contributed by atoms with Crippen LogP contribution in [-0.2, 0) is 4.79 Å². The highest BCUT2D eigenvalue weighted by Gasteiger charge is 2.01. The summed E-state index contributed by atoms with van der Waals surface area (Å²) in [6.07, 6.45) is 2.47. The number of hydrogen-bond donors (Lipinski definition) is 1. The van der Waals surface area contributed by atoms with Gasteiger partial charge in [0.25, 0.3) is 0 Å². The first-order valence-corrected chi connectivity index (χ1v) is 3.80. The number of allylic oxidation sites excluding steroid dienone is 1. The molecule has 1 aromatic rings. The minimum atomic E-state index is -0.214. The molecule has 0 aliphatic heterocycles. The maximum Gasteiger partial charge on any atom is 0.156 e. The molecule has 13 heavy (non-hydrogen) atoms. The lowest BCUT2D eigenvalue weighted by Gasteiger charge is -1.98. The summed E-state index contributed by atoms with van der Waals surface area (Å²) < 4.78 is 0. The highest BCUT2D eigenvalue weighted by molar-refractivity contribution is 5.93. The van der Waals surface area contributed by atoms with Crippen molar-refractivity contribution in [3.63, 3.8) is 0 Å². The minimum Gasteiger partial charge on any atom is -0.506 e. The van der Waals surface area contributed by atoms with Gasteiger partial charge >= 0.3 is 0 Å². The molecular formula is C9H10N2O2. The van der Waals surface area contributed by atoms with Crippen LogP contribution in [0.4, 0.5) is 0 Å². The predicted molar refractivity (Wildman–Crippen MR) is 48.1 cm³/mol. The van der Waals surface area contributed by atoms with Crippen LogP contribution in [0.5, 0.6) is 0 Å². The lowest BCUT2D eigenvalue weighted by molar-refractivity contribution is -0.112. The van der Waals surface area contributed by atoms with Crippen molar-refractivity contribution in [1.29, 1.82) is 0 Å². The average molecular weight is 178 g/mol.